The molecule has 0 unspecified atom stereocenters. The van der Waals surface area contributed by atoms with Crippen LogP contribution in [0.5, 0.6) is 0 Å². The Morgan fingerprint density at radius 1 is 1.30 bits per heavy atom. The van der Waals surface area contributed by atoms with E-state index in [0.29, 0.717) is 0 Å². The molecule has 0 saturated heterocycles. The summed E-state index contributed by atoms with van der Waals surface area (Å²) >= 11 is -0.920. The van der Waals surface area contributed by atoms with Crippen molar-refractivity contribution >= 4 is 16.2 Å². The van der Waals surface area contributed by atoms with Crippen LogP contribution in [0.3, 0.4) is 0 Å². The van der Waals surface area contributed by atoms with E-state index < -0.39 is 16.2 Å². The number of allylic oxidation sites excluding steroid dienone is 4. The van der Waals surface area contributed by atoms with Crippen LogP contribution in [0.2, 0.25) is 11.0 Å². The average molecular weight is 193 g/mol. The molecule has 0 nitrogen and oxygen atoms in total. The first kappa shape index (κ1) is 8.22. The van der Waals surface area contributed by atoms with Crippen LogP contribution in [0, 0.1) is 0 Å². The maximum absolute atomic E-state index is 2.46. The Kier molecular flexibility index (Phi) is 2.48. The van der Waals surface area contributed by atoms with Crippen LogP contribution in [0.1, 0.15) is 20.3 Å². The van der Waals surface area contributed by atoms with E-state index in [-0.39, 0.29) is 0 Å². The molecule has 1 aliphatic carbocycles. The molecule has 0 amide bonds. The molecular weight excluding hydrogens is 178 g/mol. The molecule has 0 bridgehead atoms. The van der Waals surface area contributed by atoms with Crippen LogP contribution in [-0.4, -0.2) is 16.2 Å². The molecule has 0 radical (unpaired) electrons. The van der Waals surface area contributed by atoms with Gasteiger partial charge in [-0.05, 0) is 0 Å². The molecule has 0 heterocycles. The Morgan fingerprint density at radius 3 is 2.10 bits per heavy atom. The SMILES string of the molecule is CC1=CC[C]([Ga]([CH3])[CH3])=C1C. The second kappa shape index (κ2) is 3.01. The van der Waals surface area contributed by atoms with Crippen molar-refractivity contribution in [3.8, 4) is 0 Å². The predicted molar refractivity (Wildman–Crippen MR) is 48.6 cm³/mol. The molecule has 1 aliphatic rings. The van der Waals surface area contributed by atoms with Gasteiger partial charge in [0.1, 0.15) is 0 Å². The molecule has 0 N–H and O–H groups in total. The molecule has 1 rings (SSSR count). The van der Waals surface area contributed by atoms with E-state index in [9.17, 15) is 0 Å². The van der Waals surface area contributed by atoms with Gasteiger partial charge in [-0.1, -0.05) is 0 Å². The minimum atomic E-state index is -0.920. The molecule has 0 aromatic heterocycles. The summed E-state index contributed by atoms with van der Waals surface area (Å²) in [5, 5.41) is 0. The molecule has 0 fully saturated rings. The minimum absolute atomic E-state index is 0.920. The summed E-state index contributed by atoms with van der Waals surface area (Å²) < 4.78 is 1.81. The number of hydrogen-bond donors (Lipinski definition) is 0. The fraction of sp³-hybridized carbons (Fsp3) is 0.556. The molecule has 0 atom stereocenters. The quantitative estimate of drug-likeness (QED) is 0.561. The van der Waals surface area contributed by atoms with Crippen molar-refractivity contribution < 1.29 is 0 Å². The van der Waals surface area contributed by atoms with Crippen LogP contribution < -0.4 is 0 Å². The number of hydrogen-bond acceptors (Lipinski definition) is 0. The van der Waals surface area contributed by atoms with E-state index in [2.05, 4.69) is 30.9 Å². The van der Waals surface area contributed by atoms with Gasteiger partial charge in [0.2, 0.25) is 0 Å². The van der Waals surface area contributed by atoms with Gasteiger partial charge in [0.05, 0.1) is 0 Å². The van der Waals surface area contributed by atoms with E-state index in [0.717, 1.165) is 0 Å². The fourth-order valence-electron chi connectivity index (χ4n) is 1.49. The van der Waals surface area contributed by atoms with Gasteiger partial charge in [-0.2, -0.15) is 0 Å². The zero-order valence-corrected chi connectivity index (χ0v) is 9.78. The van der Waals surface area contributed by atoms with Gasteiger partial charge < -0.3 is 0 Å². The predicted octanol–water partition coefficient (Wildman–Crippen LogP) is 2.95. The van der Waals surface area contributed by atoms with Crippen LogP contribution >= 0.6 is 0 Å². The normalized spacial score (nSPS) is 17.8. The maximum atomic E-state index is 2.46. The van der Waals surface area contributed by atoms with Crippen LogP contribution in [0.25, 0.3) is 0 Å². The summed E-state index contributed by atoms with van der Waals surface area (Å²) in [4.78, 5) is 0. The Labute approximate surface area is 69.0 Å². The van der Waals surface area contributed by atoms with Gasteiger partial charge in [0.25, 0.3) is 0 Å². The zero-order chi connectivity index (χ0) is 7.72. The van der Waals surface area contributed by atoms with Crippen molar-refractivity contribution in [2.45, 2.75) is 31.2 Å². The molecule has 0 aliphatic heterocycles. The second-order valence-electron chi connectivity index (χ2n) is 3.40. The summed E-state index contributed by atoms with van der Waals surface area (Å²) in [5.74, 6) is 0. The summed E-state index contributed by atoms with van der Waals surface area (Å²) in [5.41, 5.74) is 8.04. The number of rotatable bonds is 1. The molecule has 54 valence electrons. The van der Waals surface area contributed by atoms with E-state index in [4.69, 9.17) is 0 Å². The monoisotopic (exact) mass is 192 g/mol. The van der Waals surface area contributed by atoms with Gasteiger partial charge in [0, 0.05) is 0 Å². The third-order valence-electron chi connectivity index (χ3n) is 2.40. The third kappa shape index (κ3) is 1.40. The third-order valence-corrected chi connectivity index (χ3v) is 6.73. The standard InChI is InChI=1S/C7H9.2CH3.Ga/c1-6-4-3-5-7(6)2;;;/h4H,3H2,1-2H3;2*1H3;. The van der Waals surface area contributed by atoms with E-state index >= 15 is 0 Å². The zero-order valence-electron chi connectivity index (χ0n) is 7.36. The van der Waals surface area contributed by atoms with Gasteiger partial charge in [-0.3, -0.25) is 0 Å². The summed E-state index contributed by atoms with van der Waals surface area (Å²) in [6, 6.07) is 0. The molecule has 0 saturated carbocycles. The van der Waals surface area contributed by atoms with Crippen molar-refractivity contribution in [2.75, 3.05) is 0 Å². The Morgan fingerprint density at radius 2 is 1.90 bits per heavy atom. The fourth-order valence-corrected chi connectivity index (χ4v) is 5.02. The molecule has 10 heavy (non-hydrogen) atoms. The first-order valence-electron chi connectivity index (χ1n) is 3.99. The first-order valence-corrected chi connectivity index (χ1v) is 10.1. The molecule has 1 heteroatoms. The molecule has 0 aromatic carbocycles. The first-order chi connectivity index (χ1) is 4.63. The van der Waals surface area contributed by atoms with Gasteiger partial charge in [-0.15, -0.1) is 0 Å². The van der Waals surface area contributed by atoms with Gasteiger partial charge in [0.15, 0.2) is 0 Å². The van der Waals surface area contributed by atoms with Gasteiger partial charge >= 0.3 is 68.8 Å². The summed E-state index contributed by atoms with van der Waals surface area (Å²) in [6.45, 7) is 4.51. The average Bonchev–Trinajstić information content (AvgIpc) is 2.14. The molecule has 0 aromatic rings. The van der Waals surface area contributed by atoms with Gasteiger partial charge in [-0.25, -0.2) is 0 Å². The van der Waals surface area contributed by atoms with E-state index in [1.807, 2.05) is 4.13 Å². The Hall–Kier alpha value is 0.116. The van der Waals surface area contributed by atoms with E-state index in [1.165, 1.54) is 12.0 Å². The van der Waals surface area contributed by atoms with E-state index in [1.54, 1.807) is 5.57 Å². The second-order valence-corrected chi connectivity index (χ2v) is 9.70. The topological polar surface area (TPSA) is 0 Å². The summed E-state index contributed by atoms with van der Waals surface area (Å²) in [7, 11) is 0. The van der Waals surface area contributed by atoms with Crippen molar-refractivity contribution in [1.29, 1.82) is 0 Å². The Balaban J connectivity index is 2.84. The van der Waals surface area contributed by atoms with Crippen LogP contribution in [-0.2, 0) is 0 Å². The van der Waals surface area contributed by atoms with Crippen molar-refractivity contribution in [2.24, 2.45) is 0 Å². The molecular formula is C9H15Ga. The molecule has 0 spiro atoms. The van der Waals surface area contributed by atoms with Crippen molar-refractivity contribution in [1.82, 2.24) is 0 Å². The van der Waals surface area contributed by atoms with Crippen molar-refractivity contribution in [3.05, 3.63) is 21.3 Å². The summed E-state index contributed by atoms with van der Waals surface area (Å²) in [6.07, 6.45) is 3.64. The van der Waals surface area contributed by atoms with Crippen molar-refractivity contribution in [3.63, 3.8) is 0 Å². The van der Waals surface area contributed by atoms with Crippen LogP contribution in [0.15, 0.2) is 21.3 Å². The Bertz CT molecular complexity index is 197. The van der Waals surface area contributed by atoms with Crippen LogP contribution in [0.4, 0.5) is 0 Å².